The maximum Gasteiger partial charge on any atom is 0.0631 e. The van der Waals surface area contributed by atoms with Crippen molar-refractivity contribution in [1.82, 2.24) is 4.90 Å². The van der Waals surface area contributed by atoms with Gasteiger partial charge in [-0.1, -0.05) is 34.6 Å². The van der Waals surface area contributed by atoms with Crippen molar-refractivity contribution in [3.05, 3.63) is 0 Å². The Hall–Kier alpha value is -0.0800. The van der Waals surface area contributed by atoms with Crippen molar-refractivity contribution in [2.24, 2.45) is 17.3 Å². The van der Waals surface area contributed by atoms with Crippen LogP contribution in [0, 0.1) is 17.3 Å². The van der Waals surface area contributed by atoms with Crippen LogP contribution in [0.1, 0.15) is 47.5 Å². The molecule has 2 nitrogen and oxygen atoms in total. The van der Waals surface area contributed by atoms with E-state index in [2.05, 4.69) is 39.5 Å². The van der Waals surface area contributed by atoms with Gasteiger partial charge in [-0.25, -0.2) is 0 Å². The van der Waals surface area contributed by atoms with Gasteiger partial charge in [0.25, 0.3) is 0 Å². The van der Waals surface area contributed by atoms with E-state index in [9.17, 15) is 5.11 Å². The van der Waals surface area contributed by atoms with Crippen LogP contribution in [0.4, 0.5) is 0 Å². The highest BCUT2D eigenvalue weighted by atomic mass is 16.3. The van der Waals surface area contributed by atoms with Crippen LogP contribution in [0.5, 0.6) is 0 Å². The van der Waals surface area contributed by atoms with Crippen molar-refractivity contribution in [2.75, 3.05) is 19.6 Å². The predicted octanol–water partition coefficient (Wildman–Crippen LogP) is 2.76. The smallest absolute Gasteiger partial charge is 0.0631 e. The number of nitrogens with zero attached hydrogens (tertiary/aromatic N) is 1. The Morgan fingerprint density at radius 3 is 2.38 bits per heavy atom. The average molecular weight is 227 g/mol. The Morgan fingerprint density at radius 1 is 1.38 bits per heavy atom. The molecule has 0 aromatic rings. The molecule has 2 heteroatoms. The van der Waals surface area contributed by atoms with Gasteiger partial charge in [0.05, 0.1) is 6.10 Å². The first-order valence-electron chi connectivity index (χ1n) is 6.77. The lowest BCUT2D eigenvalue weighted by Gasteiger charge is -2.30. The van der Waals surface area contributed by atoms with E-state index in [0.717, 1.165) is 26.1 Å². The number of aliphatic hydroxyl groups is 1. The molecule has 1 rings (SSSR count). The largest absolute Gasteiger partial charge is 0.392 e. The fourth-order valence-electron chi connectivity index (χ4n) is 2.87. The van der Waals surface area contributed by atoms with Crippen molar-refractivity contribution < 1.29 is 5.11 Å². The summed E-state index contributed by atoms with van der Waals surface area (Å²) in [4.78, 5) is 2.49. The standard InChI is InChI=1S/C14H29NO/c1-6-15(9-11(2)3)10-12-7-8-14(4,5)13(12)16/h11-13,16H,6-10H2,1-5H3. The highest BCUT2D eigenvalue weighted by molar-refractivity contribution is 4.92. The third-order valence-electron chi connectivity index (χ3n) is 3.97. The van der Waals surface area contributed by atoms with Gasteiger partial charge in [0, 0.05) is 13.1 Å². The molecule has 0 amide bonds. The van der Waals surface area contributed by atoms with Crippen molar-refractivity contribution in [1.29, 1.82) is 0 Å². The van der Waals surface area contributed by atoms with Crippen LogP contribution in [0.15, 0.2) is 0 Å². The van der Waals surface area contributed by atoms with Crippen LogP contribution in [0.25, 0.3) is 0 Å². The van der Waals surface area contributed by atoms with Gasteiger partial charge < -0.3 is 10.0 Å². The van der Waals surface area contributed by atoms with Gasteiger partial charge in [-0.2, -0.15) is 0 Å². The molecule has 2 atom stereocenters. The van der Waals surface area contributed by atoms with Gasteiger partial charge in [0.1, 0.15) is 0 Å². The SMILES string of the molecule is CCN(CC(C)C)CC1CCC(C)(C)C1O. The maximum atomic E-state index is 10.3. The first kappa shape index (κ1) is 14.0. The zero-order valence-corrected chi connectivity index (χ0v) is 11.7. The second-order valence-corrected chi connectivity index (χ2v) is 6.48. The molecule has 1 aliphatic carbocycles. The molecule has 0 saturated heterocycles. The molecule has 0 aromatic heterocycles. The first-order valence-corrected chi connectivity index (χ1v) is 6.77. The Balaban J connectivity index is 2.47. The summed E-state index contributed by atoms with van der Waals surface area (Å²) in [6.45, 7) is 14.4. The molecule has 2 unspecified atom stereocenters. The lowest BCUT2D eigenvalue weighted by Crippen LogP contribution is -2.38. The van der Waals surface area contributed by atoms with E-state index in [1.807, 2.05) is 0 Å². The van der Waals surface area contributed by atoms with Gasteiger partial charge >= 0.3 is 0 Å². The summed E-state index contributed by atoms with van der Waals surface area (Å²) >= 11 is 0. The van der Waals surface area contributed by atoms with Gasteiger partial charge in [0.15, 0.2) is 0 Å². The van der Waals surface area contributed by atoms with Crippen molar-refractivity contribution in [3.63, 3.8) is 0 Å². The fourth-order valence-corrected chi connectivity index (χ4v) is 2.87. The normalized spacial score (nSPS) is 29.2. The second kappa shape index (κ2) is 5.50. The summed E-state index contributed by atoms with van der Waals surface area (Å²) in [5, 5.41) is 10.3. The van der Waals surface area contributed by atoms with E-state index in [4.69, 9.17) is 0 Å². The Morgan fingerprint density at radius 2 is 2.00 bits per heavy atom. The van der Waals surface area contributed by atoms with Crippen LogP contribution >= 0.6 is 0 Å². The molecule has 0 radical (unpaired) electrons. The third-order valence-corrected chi connectivity index (χ3v) is 3.97. The van der Waals surface area contributed by atoms with Crippen LogP contribution in [-0.4, -0.2) is 35.7 Å². The van der Waals surface area contributed by atoms with E-state index < -0.39 is 0 Å². The van der Waals surface area contributed by atoms with Crippen LogP contribution in [0.3, 0.4) is 0 Å². The summed E-state index contributed by atoms with van der Waals surface area (Å²) in [5.74, 6) is 1.19. The molecule has 1 fully saturated rings. The fraction of sp³-hybridized carbons (Fsp3) is 1.00. The van der Waals surface area contributed by atoms with E-state index >= 15 is 0 Å². The summed E-state index contributed by atoms with van der Waals surface area (Å²) in [6, 6.07) is 0. The summed E-state index contributed by atoms with van der Waals surface area (Å²) in [6.07, 6.45) is 2.23. The van der Waals surface area contributed by atoms with Crippen molar-refractivity contribution in [3.8, 4) is 0 Å². The van der Waals surface area contributed by atoms with Gasteiger partial charge in [0.2, 0.25) is 0 Å². The highest BCUT2D eigenvalue weighted by Gasteiger charge is 2.40. The zero-order chi connectivity index (χ0) is 12.3. The summed E-state index contributed by atoms with van der Waals surface area (Å²) in [5.41, 5.74) is 0.127. The molecule has 0 aromatic carbocycles. The monoisotopic (exact) mass is 227 g/mol. The van der Waals surface area contributed by atoms with Crippen LogP contribution < -0.4 is 0 Å². The molecule has 16 heavy (non-hydrogen) atoms. The lowest BCUT2D eigenvalue weighted by molar-refractivity contribution is 0.0319. The molecule has 1 saturated carbocycles. The molecular formula is C14H29NO. The van der Waals surface area contributed by atoms with Gasteiger partial charge in [-0.3, -0.25) is 0 Å². The molecular weight excluding hydrogens is 198 g/mol. The summed E-state index contributed by atoms with van der Waals surface area (Å²) in [7, 11) is 0. The molecule has 0 heterocycles. The van der Waals surface area contributed by atoms with Gasteiger partial charge in [-0.05, 0) is 36.6 Å². The first-order chi connectivity index (χ1) is 7.36. The minimum Gasteiger partial charge on any atom is -0.392 e. The van der Waals surface area contributed by atoms with E-state index in [-0.39, 0.29) is 11.5 Å². The Kier molecular flexibility index (Phi) is 4.81. The Bertz CT molecular complexity index is 213. The molecule has 1 N–H and O–H groups in total. The minimum atomic E-state index is -0.117. The minimum absolute atomic E-state index is 0.117. The van der Waals surface area contributed by atoms with E-state index in [1.165, 1.54) is 6.42 Å². The van der Waals surface area contributed by atoms with Crippen molar-refractivity contribution in [2.45, 2.75) is 53.6 Å². The zero-order valence-electron chi connectivity index (χ0n) is 11.7. The quantitative estimate of drug-likeness (QED) is 0.780. The lowest BCUT2D eigenvalue weighted by atomic mass is 9.87. The van der Waals surface area contributed by atoms with E-state index in [0.29, 0.717) is 11.8 Å². The maximum absolute atomic E-state index is 10.3. The average Bonchev–Trinajstić information content (AvgIpc) is 2.43. The predicted molar refractivity (Wildman–Crippen MR) is 69.5 cm³/mol. The highest BCUT2D eigenvalue weighted by Crippen LogP contribution is 2.41. The molecule has 1 aliphatic rings. The van der Waals surface area contributed by atoms with E-state index in [1.54, 1.807) is 0 Å². The van der Waals surface area contributed by atoms with Crippen molar-refractivity contribution >= 4 is 0 Å². The molecule has 0 spiro atoms. The number of rotatable bonds is 5. The number of aliphatic hydroxyl groups excluding tert-OH is 1. The second-order valence-electron chi connectivity index (χ2n) is 6.48. The topological polar surface area (TPSA) is 23.5 Å². The van der Waals surface area contributed by atoms with Gasteiger partial charge in [-0.15, -0.1) is 0 Å². The molecule has 96 valence electrons. The molecule has 0 bridgehead atoms. The summed E-state index contributed by atoms with van der Waals surface area (Å²) < 4.78 is 0. The number of hydrogen-bond acceptors (Lipinski definition) is 2. The molecule has 0 aliphatic heterocycles. The Labute approximate surface area is 101 Å². The van der Waals surface area contributed by atoms with Crippen LogP contribution in [0.2, 0.25) is 0 Å². The third kappa shape index (κ3) is 3.46. The van der Waals surface area contributed by atoms with Crippen LogP contribution in [-0.2, 0) is 0 Å². The number of hydrogen-bond donors (Lipinski definition) is 1.